The molecule has 0 aliphatic carbocycles. The number of oxazole rings is 1. The lowest BCUT2D eigenvalue weighted by Crippen LogP contribution is -2.36. The quantitative estimate of drug-likeness (QED) is 0.587. The maximum Gasteiger partial charge on any atom is 0.214 e. The van der Waals surface area contributed by atoms with Crippen molar-refractivity contribution >= 4 is 11.6 Å². The summed E-state index contributed by atoms with van der Waals surface area (Å²) in [6, 6.07) is 8.81. The van der Waals surface area contributed by atoms with Gasteiger partial charge in [-0.25, -0.2) is 9.98 Å². The van der Waals surface area contributed by atoms with Crippen molar-refractivity contribution < 1.29 is 4.42 Å². The number of hydrogen-bond donors (Lipinski definition) is 2. The minimum absolute atomic E-state index is 0.521. The van der Waals surface area contributed by atoms with Gasteiger partial charge in [0.1, 0.15) is 5.76 Å². The van der Waals surface area contributed by atoms with Gasteiger partial charge in [0, 0.05) is 25.3 Å². The van der Waals surface area contributed by atoms with Gasteiger partial charge >= 0.3 is 0 Å². The van der Waals surface area contributed by atoms with Gasteiger partial charge in [-0.15, -0.1) is 0 Å². The fourth-order valence-electron chi connectivity index (χ4n) is 3.37. The van der Waals surface area contributed by atoms with E-state index in [0.29, 0.717) is 19.0 Å². The Morgan fingerprint density at radius 2 is 1.89 bits per heavy atom. The third kappa shape index (κ3) is 5.50. The van der Waals surface area contributed by atoms with Gasteiger partial charge in [0.15, 0.2) is 5.96 Å². The summed E-state index contributed by atoms with van der Waals surface area (Å²) < 4.78 is 5.62. The van der Waals surface area contributed by atoms with Gasteiger partial charge in [-0.3, -0.25) is 0 Å². The molecule has 0 radical (unpaired) electrons. The van der Waals surface area contributed by atoms with Crippen LogP contribution in [-0.4, -0.2) is 30.6 Å². The monoisotopic (exact) mass is 383 g/mol. The molecule has 152 valence electrons. The molecule has 2 aromatic rings. The lowest BCUT2D eigenvalue weighted by atomic mass is 9.99. The van der Waals surface area contributed by atoms with Gasteiger partial charge in [0.2, 0.25) is 5.89 Å². The van der Waals surface area contributed by atoms with Crippen LogP contribution in [0.1, 0.15) is 49.6 Å². The number of aliphatic imine (C=N–C) groups is 1. The number of nitrogens with one attached hydrogen (secondary N) is 2. The van der Waals surface area contributed by atoms with Gasteiger partial charge in [-0.1, -0.05) is 19.1 Å². The van der Waals surface area contributed by atoms with Crippen molar-refractivity contribution in [1.82, 2.24) is 15.6 Å². The van der Waals surface area contributed by atoms with E-state index in [2.05, 4.69) is 58.6 Å². The minimum Gasteiger partial charge on any atom is -0.444 e. The first-order valence-corrected chi connectivity index (χ1v) is 10.3. The Kier molecular flexibility index (Phi) is 6.95. The van der Waals surface area contributed by atoms with Crippen molar-refractivity contribution in [3.05, 3.63) is 47.2 Å². The van der Waals surface area contributed by atoms with Crippen LogP contribution in [0.2, 0.25) is 0 Å². The molecule has 0 atom stereocenters. The minimum atomic E-state index is 0.521. The summed E-state index contributed by atoms with van der Waals surface area (Å²) in [4.78, 5) is 11.6. The van der Waals surface area contributed by atoms with Crippen LogP contribution >= 0.6 is 0 Å². The van der Waals surface area contributed by atoms with Crippen LogP contribution < -0.4 is 15.5 Å². The molecule has 2 heterocycles. The van der Waals surface area contributed by atoms with Crippen molar-refractivity contribution in [2.24, 2.45) is 10.9 Å². The second kappa shape index (κ2) is 9.62. The third-order valence-electron chi connectivity index (χ3n) is 5.33. The molecule has 0 bridgehead atoms. The molecule has 1 aliphatic rings. The first kappa shape index (κ1) is 20.2. The maximum atomic E-state index is 5.62. The molecule has 1 aliphatic heterocycles. The second-order valence-corrected chi connectivity index (χ2v) is 7.63. The number of aromatic nitrogens is 1. The zero-order chi connectivity index (χ0) is 19.9. The molecule has 6 heteroatoms. The average molecular weight is 384 g/mol. The molecule has 0 saturated carbocycles. The summed E-state index contributed by atoms with van der Waals surface area (Å²) in [6.07, 6.45) is 2.57. The summed E-state index contributed by atoms with van der Waals surface area (Å²) in [7, 11) is 0. The van der Waals surface area contributed by atoms with E-state index in [9.17, 15) is 0 Å². The highest BCUT2D eigenvalue weighted by atomic mass is 16.4. The number of piperidine rings is 1. The first-order valence-electron chi connectivity index (χ1n) is 10.3. The van der Waals surface area contributed by atoms with Crippen LogP contribution in [-0.2, 0) is 13.1 Å². The number of anilines is 1. The van der Waals surface area contributed by atoms with Crippen molar-refractivity contribution in [3.8, 4) is 0 Å². The van der Waals surface area contributed by atoms with E-state index in [0.717, 1.165) is 43.0 Å². The fourth-order valence-corrected chi connectivity index (χ4v) is 3.37. The molecule has 2 N–H and O–H groups in total. The summed E-state index contributed by atoms with van der Waals surface area (Å²) in [5.74, 6) is 3.17. The first-order chi connectivity index (χ1) is 13.5. The van der Waals surface area contributed by atoms with Crippen LogP contribution in [0.4, 0.5) is 5.69 Å². The highest BCUT2D eigenvalue weighted by Gasteiger charge is 2.15. The second-order valence-electron chi connectivity index (χ2n) is 7.63. The number of nitrogens with zero attached hydrogens (tertiary/aromatic N) is 3. The van der Waals surface area contributed by atoms with Gasteiger partial charge in [0.05, 0.1) is 18.8 Å². The molecular weight excluding hydrogens is 350 g/mol. The molecule has 3 rings (SSSR count). The Balaban J connectivity index is 1.56. The van der Waals surface area contributed by atoms with E-state index in [-0.39, 0.29) is 0 Å². The van der Waals surface area contributed by atoms with Crippen molar-refractivity contribution in [2.45, 2.75) is 53.6 Å². The largest absolute Gasteiger partial charge is 0.444 e. The van der Waals surface area contributed by atoms with E-state index >= 15 is 0 Å². The molecule has 1 aromatic carbocycles. The summed E-state index contributed by atoms with van der Waals surface area (Å²) in [5, 5.41) is 6.56. The Morgan fingerprint density at radius 3 is 2.50 bits per heavy atom. The van der Waals surface area contributed by atoms with Gasteiger partial charge < -0.3 is 20.0 Å². The van der Waals surface area contributed by atoms with Crippen LogP contribution in [0, 0.1) is 19.8 Å². The van der Waals surface area contributed by atoms with E-state index in [4.69, 9.17) is 9.41 Å². The molecule has 28 heavy (non-hydrogen) atoms. The van der Waals surface area contributed by atoms with E-state index in [1.807, 2.05) is 13.8 Å². The zero-order valence-corrected chi connectivity index (χ0v) is 17.6. The molecule has 0 amide bonds. The molecule has 6 nitrogen and oxygen atoms in total. The van der Waals surface area contributed by atoms with Crippen molar-refractivity contribution in [3.63, 3.8) is 0 Å². The van der Waals surface area contributed by atoms with Crippen LogP contribution in [0.25, 0.3) is 0 Å². The van der Waals surface area contributed by atoms with E-state index < -0.39 is 0 Å². The highest BCUT2D eigenvalue weighted by molar-refractivity contribution is 5.79. The molecule has 1 saturated heterocycles. The number of aryl methyl sites for hydroxylation is 2. The zero-order valence-electron chi connectivity index (χ0n) is 17.6. The Hall–Kier alpha value is -2.50. The Bertz CT molecular complexity index is 753. The predicted molar refractivity (Wildman–Crippen MR) is 115 cm³/mol. The topological polar surface area (TPSA) is 65.7 Å². The van der Waals surface area contributed by atoms with Crippen LogP contribution in [0.15, 0.2) is 33.7 Å². The smallest absolute Gasteiger partial charge is 0.214 e. The summed E-state index contributed by atoms with van der Waals surface area (Å²) in [6.45, 7) is 12.6. The SMILES string of the molecule is CCNC(=NCc1ccc(N2CCC(C)CC2)cc1)NCc1nc(C)c(C)o1. The van der Waals surface area contributed by atoms with Gasteiger partial charge in [0.25, 0.3) is 0 Å². The van der Waals surface area contributed by atoms with Crippen LogP contribution in [0.3, 0.4) is 0 Å². The summed E-state index contributed by atoms with van der Waals surface area (Å²) in [5.41, 5.74) is 3.45. The number of guanidine groups is 1. The molecule has 1 aromatic heterocycles. The average Bonchev–Trinajstić information content (AvgIpc) is 3.03. The highest BCUT2D eigenvalue weighted by Crippen LogP contribution is 2.23. The van der Waals surface area contributed by atoms with Gasteiger partial charge in [-0.2, -0.15) is 0 Å². The molecular formula is C22H33N5O. The van der Waals surface area contributed by atoms with Crippen molar-refractivity contribution in [2.75, 3.05) is 24.5 Å². The lowest BCUT2D eigenvalue weighted by molar-refractivity contribution is 0.438. The van der Waals surface area contributed by atoms with E-state index in [1.165, 1.54) is 24.1 Å². The standard InChI is InChI=1S/C22H33N5O/c1-5-23-22(25-15-21-26-17(3)18(4)28-21)24-14-19-6-8-20(9-7-19)27-12-10-16(2)11-13-27/h6-9,16H,5,10-15H2,1-4H3,(H2,23,24,25). The Labute approximate surface area is 168 Å². The number of hydrogen-bond acceptors (Lipinski definition) is 4. The summed E-state index contributed by atoms with van der Waals surface area (Å²) >= 11 is 0. The third-order valence-corrected chi connectivity index (χ3v) is 5.33. The van der Waals surface area contributed by atoms with Gasteiger partial charge in [-0.05, 0) is 57.2 Å². The maximum absolute atomic E-state index is 5.62. The molecule has 0 spiro atoms. The Morgan fingerprint density at radius 1 is 1.18 bits per heavy atom. The lowest BCUT2D eigenvalue weighted by Gasteiger charge is -2.32. The van der Waals surface area contributed by atoms with E-state index in [1.54, 1.807) is 0 Å². The van der Waals surface area contributed by atoms with Crippen molar-refractivity contribution in [1.29, 1.82) is 0 Å². The van der Waals surface area contributed by atoms with Crippen LogP contribution in [0.5, 0.6) is 0 Å². The normalized spacial score (nSPS) is 15.7. The predicted octanol–water partition coefficient (Wildman–Crippen LogP) is 3.78. The number of benzene rings is 1. The number of rotatable bonds is 6. The fraction of sp³-hybridized carbons (Fsp3) is 0.545. The molecule has 0 unspecified atom stereocenters. The molecule has 1 fully saturated rings.